The average Bonchev–Trinajstić information content (AvgIpc) is 3.29. The van der Waals surface area contributed by atoms with Crippen LogP contribution in [0.15, 0.2) is 36.5 Å². The summed E-state index contributed by atoms with van der Waals surface area (Å²) < 4.78 is 43.9. The first-order chi connectivity index (χ1) is 14.6. The quantitative estimate of drug-likeness (QED) is 0.538. The van der Waals surface area contributed by atoms with Gasteiger partial charge in [-0.15, -0.1) is 5.10 Å². The third-order valence-corrected chi connectivity index (χ3v) is 4.73. The van der Waals surface area contributed by atoms with Crippen LogP contribution < -0.4 is 5.32 Å². The van der Waals surface area contributed by atoms with E-state index in [0.29, 0.717) is 11.4 Å². The van der Waals surface area contributed by atoms with Crippen molar-refractivity contribution >= 4 is 11.7 Å². The highest BCUT2D eigenvalue weighted by atomic mass is 19.4. The molecule has 4 rings (SSSR count). The van der Waals surface area contributed by atoms with Crippen molar-refractivity contribution in [3.8, 4) is 5.69 Å². The van der Waals surface area contributed by atoms with Crippen molar-refractivity contribution in [1.82, 2.24) is 34.7 Å². The predicted molar refractivity (Wildman–Crippen MR) is 105 cm³/mol. The molecule has 0 saturated heterocycles. The zero-order valence-electron chi connectivity index (χ0n) is 16.9. The first-order valence-corrected chi connectivity index (χ1v) is 9.34. The van der Waals surface area contributed by atoms with E-state index in [1.807, 2.05) is 0 Å². The Hall–Kier alpha value is -3.76. The van der Waals surface area contributed by atoms with Gasteiger partial charge in [-0.25, -0.2) is 14.2 Å². The number of nitrogens with one attached hydrogen (secondary N) is 1. The summed E-state index contributed by atoms with van der Waals surface area (Å²) in [4.78, 5) is 20.5. The molecular formula is C20H18F3N7O. The molecule has 3 aromatic heterocycles. The van der Waals surface area contributed by atoms with Crippen LogP contribution in [-0.2, 0) is 12.7 Å². The van der Waals surface area contributed by atoms with Crippen LogP contribution in [0.3, 0.4) is 0 Å². The van der Waals surface area contributed by atoms with Gasteiger partial charge in [0.15, 0.2) is 0 Å². The Morgan fingerprint density at radius 1 is 1.06 bits per heavy atom. The molecule has 1 aromatic carbocycles. The van der Waals surface area contributed by atoms with Gasteiger partial charge < -0.3 is 5.32 Å². The van der Waals surface area contributed by atoms with E-state index in [9.17, 15) is 18.0 Å². The van der Waals surface area contributed by atoms with Crippen LogP contribution in [0.1, 0.15) is 38.8 Å². The van der Waals surface area contributed by atoms with Crippen molar-refractivity contribution in [3.63, 3.8) is 0 Å². The lowest BCUT2D eigenvalue weighted by Crippen LogP contribution is -2.25. The smallest absolute Gasteiger partial charge is 0.345 e. The van der Waals surface area contributed by atoms with E-state index in [-0.39, 0.29) is 29.4 Å². The van der Waals surface area contributed by atoms with Crippen molar-refractivity contribution in [2.45, 2.75) is 33.5 Å². The fourth-order valence-electron chi connectivity index (χ4n) is 3.26. The van der Waals surface area contributed by atoms with Gasteiger partial charge in [-0.1, -0.05) is 6.07 Å². The molecule has 0 bridgehead atoms. The Kier molecular flexibility index (Phi) is 4.96. The molecule has 8 nitrogen and oxygen atoms in total. The molecule has 3 heterocycles. The van der Waals surface area contributed by atoms with Crippen LogP contribution >= 0.6 is 0 Å². The number of hydrogen-bond acceptors (Lipinski definition) is 5. The van der Waals surface area contributed by atoms with E-state index >= 15 is 0 Å². The Labute approximate surface area is 174 Å². The second-order valence-corrected chi connectivity index (χ2v) is 7.09. The summed E-state index contributed by atoms with van der Waals surface area (Å²) in [6.45, 7) is 4.96. The standard InChI is InChI=1S/C20H18F3N7O/c1-11-8-13(3)29(27-11)15-5-4-14(16(9-15)20(21,22)23)10-25-18(31)17-26-19-24-7-6-12(2)30(19)28-17/h4-9H,10H2,1-3H3,(H,25,31). The Morgan fingerprint density at radius 3 is 2.48 bits per heavy atom. The van der Waals surface area contributed by atoms with Gasteiger partial charge in [0, 0.05) is 24.1 Å². The number of rotatable bonds is 4. The van der Waals surface area contributed by atoms with E-state index in [1.165, 1.54) is 27.5 Å². The highest BCUT2D eigenvalue weighted by molar-refractivity contribution is 5.90. The number of aromatic nitrogens is 6. The summed E-state index contributed by atoms with van der Waals surface area (Å²) in [6, 6.07) is 7.37. The van der Waals surface area contributed by atoms with Gasteiger partial charge in [-0.05, 0) is 50.6 Å². The molecule has 1 amide bonds. The molecule has 1 N–H and O–H groups in total. The molecule has 0 aliphatic carbocycles. The van der Waals surface area contributed by atoms with Crippen molar-refractivity contribution < 1.29 is 18.0 Å². The maximum absolute atomic E-state index is 13.7. The second-order valence-electron chi connectivity index (χ2n) is 7.09. The van der Waals surface area contributed by atoms with Crippen molar-refractivity contribution in [3.05, 3.63) is 70.6 Å². The number of halogens is 3. The number of carbonyl (C=O) groups is 1. The second kappa shape index (κ2) is 7.49. The summed E-state index contributed by atoms with van der Waals surface area (Å²) in [7, 11) is 0. The normalized spacial score (nSPS) is 11.8. The first kappa shape index (κ1) is 20.5. The minimum atomic E-state index is -4.60. The fourth-order valence-corrected chi connectivity index (χ4v) is 3.26. The van der Waals surface area contributed by atoms with E-state index in [2.05, 4.69) is 25.5 Å². The molecule has 0 spiro atoms. The topological polar surface area (TPSA) is 90.0 Å². The van der Waals surface area contributed by atoms with Gasteiger partial charge in [0.05, 0.1) is 16.9 Å². The predicted octanol–water partition coefficient (Wildman–Crippen LogP) is 3.18. The summed E-state index contributed by atoms with van der Waals surface area (Å²) >= 11 is 0. The summed E-state index contributed by atoms with van der Waals surface area (Å²) in [5.74, 6) is -0.634. The van der Waals surface area contributed by atoms with E-state index in [4.69, 9.17) is 0 Å². The molecule has 4 aromatic rings. The van der Waals surface area contributed by atoms with Gasteiger partial charge in [0.25, 0.3) is 11.7 Å². The van der Waals surface area contributed by atoms with Gasteiger partial charge in [0.2, 0.25) is 5.82 Å². The summed E-state index contributed by atoms with van der Waals surface area (Å²) in [5.41, 5.74) is 1.50. The maximum atomic E-state index is 13.7. The third kappa shape index (κ3) is 3.98. The minimum Gasteiger partial charge on any atom is -0.345 e. The van der Waals surface area contributed by atoms with Gasteiger partial charge in [-0.2, -0.15) is 23.3 Å². The first-order valence-electron chi connectivity index (χ1n) is 9.34. The van der Waals surface area contributed by atoms with Crippen LogP contribution in [0.4, 0.5) is 13.2 Å². The highest BCUT2D eigenvalue weighted by Crippen LogP contribution is 2.33. The number of benzene rings is 1. The lowest BCUT2D eigenvalue weighted by Gasteiger charge is -2.15. The number of hydrogen-bond donors (Lipinski definition) is 1. The highest BCUT2D eigenvalue weighted by Gasteiger charge is 2.34. The van der Waals surface area contributed by atoms with Gasteiger partial charge in [0.1, 0.15) is 0 Å². The number of amides is 1. The summed E-state index contributed by atoms with van der Waals surface area (Å²) in [5, 5.41) is 10.7. The van der Waals surface area contributed by atoms with Crippen molar-refractivity contribution in [2.75, 3.05) is 0 Å². The number of aryl methyl sites for hydroxylation is 3. The molecule has 0 atom stereocenters. The summed E-state index contributed by atoms with van der Waals surface area (Å²) in [6.07, 6.45) is -3.07. The molecule has 11 heteroatoms. The molecule has 160 valence electrons. The number of carbonyl (C=O) groups excluding carboxylic acids is 1. The van der Waals surface area contributed by atoms with Crippen LogP contribution in [0, 0.1) is 20.8 Å². The van der Waals surface area contributed by atoms with Crippen LogP contribution in [0.25, 0.3) is 11.5 Å². The molecular weight excluding hydrogens is 411 g/mol. The van der Waals surface area contributed by atoms with Crippen molar-refractivity contribution in [1.29, 1.82) is 0 Å². The zero-order valence-corrected chi connectivity index (χ0v) is 16.9. The Bertz CT molecular complexity index is 1290. The lowest BCUT2D eigenvalue weighted by molar-refractivity contribution is -0.138. The van der Waals surface area contributed by atoms with Crippen LogP contribution in [-0.4, -0.2) is 35.3 Å². The number of nitrogens with zero attached hydrogens (tertiary/aromatic N) is 6. The van der Waals surface area contributed by atoms with Crippen molar-refractivity contribution in [2.24, 2.45) is 0 Å². The lowest BCUT2D eigenvalue weighted by atomic mass is 10.1. The Balaban J connectivity index is 1.60. The molecule has 0 fully saturated rings. The monoisotopic (exact) mass is 429 g/mol. The largest absolute Gasteiger partial charge is 0.416 e. The molecule has 0 saturated carbocycles. The SMILES string of the molecule is Cc1cc(C)n(-c2ccc(CNC(=O)c3nc4nccc(C)n4n3)c(C(F)(F)F)c2)n1. The average molecular weight is 429 g/mol. The molecule has 0 unspecified atom stereocenters. The Morgan fingerprint density at radius 2 is 1.84 bits per heavy atom. The van der Waals surface area contributed by atoms with Crippen LogP contribution in [0.5, 0.6) is 0 Å². The molecule has 0 aliphatic rings. The van der Waals surface area contributed by atoms with E-state index in [0.717, 1.165) is 11.8 Å². The van der Waals surface area contributed by atoms with Gasteiger partial charge >= 0.3 is 6.18 Å². The van der Waals surface area contributed by atoms with E-state index < -0.39 is 17.6 Å². The number of fused-ring (bicyclic) bond motifs is 1. The minimum absolute atomic E-state index is 0.0794. The molecule has 0 radical (unpaired) electrons. The van der Waals surface area contributed by atoms with Crippen LogP contribution in [0.2, 0.25) is 0 Å². The molecule has 31 heavy (non-hydrogen) atoms. The third-order valence-electron chi connectivity index (χ3n) is 4.73. The number of alkyl halides is 3. The van der Waals surface area contributed by atoms with E-state index in [1.54, 1.807) is 32.9 Å². The molecule has 0 aliphatic heterocycles. The fraction of sp³-hybridized carbons (Fsp3) is 0.250. The van der Waals surface area contributed by atoms with Gasteiger partial charge in [-0.3, -0.25) is 4.79 Å². The maximum Gasteiger partial charge on any atom is 0.416 e. The zero-order chi connectivity index (χ0) is 22.3.